The van der Waals surface area contributed by atoms with Gasteiger partial charge in [0.1, 0.15) is 0 Å². The SMILES string of the molecule is CCC1CCCN(C(=O)C2(C)CCCC2N)CC1. The van der Waals surface area contributed by atoms with Gasteiger partial charge in [-0.1, -0.05) is 19.8 Å². The molecular formula is C15H28N2O. The first-order chi connectivity index (χ1) is 8.58. The molecule has 1 saturated carbocycles. The molecule has 0 bridgehead atoms. The Bertz CT molecular complexity index is 305. The monoisotopic (exact) mass is 252 g/mol. The molecule has 1 aliphatic carbocycles. The van der Waals surface area contributed by atoms with E-state index in [0.717, 1.165) is 44.7 Å². The standard InChI is InChI=1S/C15H28N2O/c1-3-12-6-5-10-17(11-8-12)14(18)15(2)9-4-7-13(15)16/h12-13H,3-11,16H2,1-2H3. The Hall–Kier alpha value is -0.570. The minimum Gasteiger partial charge on any atom is -0.342 e. The molecule has 0 aromatic rings. The smallest absolute Gasteiger partial charge is 0.230 e. The van der Waals surface area contributed by atoms with Crippen LogP contribution in [-0.2, 0) is 4.79 Å². The van der Waals surface area contributed by atoms with E-state index in [1.165, 1.54) is 19.3 Å². The second-order valence-electron chi connectivity index (χ2n) is 6.41. The fourth-order valence-electron chi connectivity index (χ4n) is 3.60. The molecule has 1 saturated heterocycles. The summed E-state index contributed by atoms with van der Waals surface area (Å²) in [5.74, 6) is 1.14. The topological polar surface area (TPSA) is 46.3 Å². The van der Waals surface area contributed by atoms with Crippen molar-refractivity contribution in [1.82, 2.24) is 4.90 Å². The Morgan fingerprint density at radius 2 is 2.06 bits per heavy atom. The van der Waals surface area contributed by atoms with Gasteiger partial charge in [0, 0.05) is 19.1 Å². The van der Waals surface area contributed by atoms with Crippen molar-refractivity contribution >= 4 is 5.91 Å². The van der Waals surface area contributed by atoms with Crippen LogP contribution in [0.1, 0.15) is 58.8 Å². The van der Waals surface area contributed by atoms with Gasteiger partial charge >= 0.3 is 0 Å². The van der Waals surface area contributed by atoms with E-state index >= 15 is 0 Å². The maximum atomic E-state index is 12.7. The van der Waals surface area contributed by atoms with E-state index in [2.05, 4.69) is 18.7 Å². The lowest BCUT2D eigenvalue weighted by molar-refractivity contribution is -0.141. The molecular weight excluding hydrogens is 224 g/mol. The fourth-order valence-corrected chi connectivity index (χ4v) is 3.60. The van der Waals surface area contributed by atoms with Crippen molar-refractivity contribution in [3.63, 3.8) is 0 Å². The maximum Gasteiger partial charge on any atom is 0.230 e. The molecule has 2 fully saturated rings. The fraction of sp³-hybridized carbons (Fsp3) is 0.933. The van der Waals surface area contributed by atoms with Crippen LogP contribution < -0.4 is 5.73 Å². The molecule has 1 heterocycles. The number of hydrogen-bond donors (Lipinski definition) is 1. The van der Waals surface area contributed by atoms with Crippen LogP contribution in [0.5, 0.6) is 0 Å². The lowest BCUT2D eigenvalue weighted by Crippen LogP contribution is -2.49. The third-order valence-corrected chi connectivity index (χ3v) is 5.23. The van der Waals surface area contributed by atoms with Gasteiger partial charge in [0.25, 0.3) is 0 Å². The van der Waals surface area contributed by atoms with Gasteiger partial charge in [0.05, 0.1) is 5.41 Å². The zero-order valence-electron chi connectivity index (χ0n) is 12.0. The van der Waals surface area contributed by atoms with Crippen LogP contribution in [0, 0.1) is 11.3 Å². The Balaban J connectivity index is 2.00. The van der Waals surface area contributed by atoms with E-state index < -0.39 is 0 Å². The highest BCUT2D eigenvalue weighted by Crippen LogP contribution is 2.39. The largest absolute Gasteiger partial charge is 0.342 e. The van der Waals surface area contributed by atoms with E-state index in [1.54, 1.807) is 0 Å². The van der Waals surface area contributed by atoms with Crippen LogP contribution in [0.2, 0.25) is 0 Å². The van der Waals surface area contributed by atoms with E-state index in [1.807, 2.05) is 0 Å². The number of hydrogen-bond acceptors (Lipinski definition) is 2. The summed E-state index contributed by atoms with van der Waals surface area (Å²) in [6, 6.07) is 0.0650. The van der Waals surface area contributed by atoms with Crippen molar-refractivity contribution in [2.45, 2.75) is 64.8 Å². The molecule has 0 spiro atoms. The molecule has 104 valence electrons. The minimum absolute atomic E-state index is 0.0650. The van der Waals surface area contributed by atoms with Crippen LogP contribution >= 0.6 is 0 Å². The Morgan fingerprint density at radius 1 is 1.28 bits per heavy atom. The van der Waals surface area contributed by atoms with Crippen LogP contribution in [0.3, 0.4) is 0 Å². The predicted octanol–water partition coefficient (Wildman–Crippen LogP) is 2.54. The highest BCUT2D eigenvalue weighted by molar-refractivity contribution is 5.83. The van der Waals surface area contributed by atoms with E-state index in [0.29, 0.717) is 5.91 Å². The third-order valence-electron chi connectivity index (χ3n) is 5.23. The molecule has 0 aromatic heterocycles. The van der Waals surface area contributed by atoms with Gasteiger partial charge in [-0.2, -0.15) is 0 Å². The molecule has 18 heavy (non-hydrogen) atoms. The summed E-state index contributed by atoms with van der Waals surface area (Å²) in [5.41, 5.74) is 5.88. The first-order valence-corrected chi connectivity index (χ1v) is 7.63. The average Bonchev–Trinajstić information content (AvgIpc) is 2.60. The number of carbonyl (C=O) groups excluding carboxylic acids is 1. The lowest BCUT2D eigenvalue weighted by atomic mass is 9.83. The highest BCUT2D eigenvalue weighted by Gasteiger charge is 2.45. The first kappa shape index (κ1) is 13.9. The number of nitrogens with zero attached hydrogens (tertiary/aromatic N) is 1. The van der Waals surface area contributed by atoms with E-state index in [9.17, 15) is 4.79 Å². The molecule has 1 aliphatic heterocycles. The van der Waals surface area contributed by atoms with Crippen molar-refractivity contribution in [2.75, 3.05) is 13.1 Å². The second-order valence-corrected chi connectivity index (χ2v) is 6.41. The first-order valence-electron chi connectivity index (χ1n) is 7.63. The minimum atomic E-state index is -0.286. The second kappa shape index (κ2) is 5.60. The van der Waals surface area contributed by atoms with Crippen molar-refractivity contribution in [3.05, 3.63) is 0 Å². The molecule has 1 amide bonds. The molecule has 2 N–H and O–H groups in total. The van der Waals surface area contributed by atoms with Crippen molar-refractivity contribution in [1.29, 1.82) is 0 Å². The molecule has 0 aromatic carbocycles. The van der Waals surface area contributed by atoms with Gasteiger partial charge in [0.15, 0.2) is 0 Å². The Kier molecular flexibility index (Phi) is 4.31. The van der Waals surface area contributed by atoms with Gasteiger partial charge in [-0.05, 0) is 44.9 Å². The van der Waals surface area contributed by atoms with Gasteiger partial charge < -0.3 is 10.6 Å². The van der Waals surface area contributed by atoms with Crippen LogP contribution in [0.25, 0.3) is 0 Å². The summed E-state index contributed by atoms with van der Waals surface area (Å²) in [4.78, 5) is 14.8. The summed E-state index contributed by atoms with van der Waals surface area (Å²) < 4.78 is 0. The number of rotatable bonds is 2. The summed E-state index contributed by atoms with van der Waals surface area (Å²) in [5, 5.41) is 0. The lowest BCUT2D eigenvalue weighted by Gasteiger charge is -2.34. The van der Waals surface area contributed by atoms with Crippen LogP contribution in [0.15, 0.2) is 0 Å². The highest BCUT2D eigenvalue weighted by atomic mass is 16.2. The zero-order chi connectivity index (χ0) is 13.2. The van der Waals surface area contributed by atoms with Gasteiger partial charge in [-0.25, -0.2) is 0 Å². The van der Waals surface area contributed by atoms with Crippen molar-refractivity contribution < 1.29 is 4.79 Å². The number of nitrogens with two attached hydrogens (primary N) is 1. The van der Waals surface area contributed by atoms with E-state index in [-0.39, 0.29) is 11.5 Å². The number of likely N-dealkylation sites (tertiary alicyclic amines) is 1. The summed E-state index contributed by atoms with van der Waals surface area (Å²) >= 11 is 0. The third kappa shape index (κ3) is 2.56. The van der Waals surface area contributed by atoms with Gasteiger partial charge in [0.2, 0.25) is 5.91 Å². The molecule has 3 heteroatoms. The molecule has 2 rings (SSSR count). The maximum absolute atomic E-state index is 12.7. The van der Waals surface area contributed by atoms with Gasteiger partial charge in [-0.15, -0.1) is 0 Å². The van der Waals surface area contributed by atoms with Crippen LogP contribution in [0.4, 0.5) is 0 Å². The summed E-state index contributed by atoms with van der Waals surface area (Å²) in [7, 11) is 0. The molecule has 2 aliphatic rings. The summed E-state index contributed by atoms with van der Waals surface area (Å²) in [6.07, 6.45) is 7.95. The molecule has 3 nitrogen and oxygen atoms in total. The Labute approximate surface area is 111 Å². The van der Waals surface area contributed by atoms with Crippen molar-refractivity contribution in [2.24, 2.45) is 17.1 Å². The molecule has 3 atom stereocenters. The number of carbonyl (C=O) groups is 1. The van der Waals surface area contributed by atoms with E-state index in [4.69, 9.17) is 5.73 Å². The molecule has 3 unspecified atom stereocenters. The summed E-state index contributed by atoms with van der Waals surface area (Å²) in [6.45, 7) is 6.23. The van der Waals surface area contributed by atoms with Crippen molar-refractivity contribution in [3.8, 4) is 0 Å². The van der Waals surface area contributed by atoms with Gasteiger partial charge in [-0.3, -0.25) is 4.79 Å². The normalized spacial score (nSPS) is 37.6. The zero-order valence-corrected chi connectivity index (χ0v) is 12.0. The molecule has 0 radical (unpaired) electrons. The van der Waals surface area contributed by atoms with Crippen LogP contribution in [-0.4, -0.2) is 29.9 Å². The predicted molar refractivity (Wildman–Crippen MR) is 74.1 cm³/mol. The quantitative estimate of drug-likeness (QED) is 0.821. The average molecular weight is 252 g/mol. The Morgan fingerprint density at radius 3 is 2.67 bits per heavy atom. The number of amides is 1.